The molecule has 0 aliphatic carbocycles. The quantitative estimate of drug-likeness (QED) is 0.455. The summed E-state index contributed by atoms with van der Waals surface area (Å²) in [6.07, 6.45) is 0. The molecule has 0 saturated heterocycles. The van der Waals surface area contributed by atoms with Gasteiger partial charge in [0.05, 0.1) is 5.56 Å². The van der Waals surface area contributed by atoms with Gasteiger partial charge in [-0.25, -0.2) is 8.78 Å². The second-order valence-corrected chi connectivity index (χ2v) is 3.40. The van der Waals surface area contributed by atoms with Crippen molar-refractivity contribution < 1.29 is 18.4 Å². The number of alkyl halides is 1. The maximum atomic E-state index is 13.1. The molecule has 1 unspecified atom stereocenters. The highest BCUT2D eigenvalue weighted by Crippen LogP contribution is 2.14. The fraction of sp³-hybridized carbons (Fsp3) is 0.200. The molecule has 1 rings (SSSR count). The van der Waals surface area contributed by atoms with E-state index in [-0.39, 0.29) is 5.56 Å². The van der Waals surface area contributed by atoms with Crippen molar-refractivity contribution in [3.8, 4) is 0 Å². The van der Waals surface area contributed by atoms with Gasteiger partial charge < -0.3 is 0 Å². The van der Waals surface area contributed by atoms with E-state index in [1.165, 1.54) is 0 Å². The van der Waals surface area contributed by atoms with E-state index in [1.807, 2.05) is 0 Å². The average molecular weight is 233 g/mol. The summed E-state index contributed by atoms with van der Waals surface area (Å²) in [4.78, 5) is 22.2. The zero-order valence-electron chi connectivity index (χ0n) is 7.76. The van der Waals surface area contributed by atoms with E-state index in [2.05, 4.69) is 0 Å². The highest BCUT2D eigenvalue weighted by molar-refractivity contribution is 6.44. The molecule has 0 heterocycles. The predicted octanol–water partition coefficient (Wildman–Crippen LogP) is 2.34. The van der Waals surface area contributed by atoms with E-state index >= 15 is 0 Å². The summed E-state index contributed by atoms with van der Waals surface area (Å²) in [6.45, 7) is 1.12. The fourth-order valence-corrected chi connectivity index (χ4v) is 1.13. The smallest absolute Gasteiger partial charge is 0.191 e. The predicted molar refractivity (Wildman–Crippen MR) is 51.0 cm³/mol. The van der Waals surface area contributed by atoms with Gasteiger partial charge in [-0.05, 0) is 19.1 Å². The van der Waals surface area contributed by atoms with Crippen LogP contribution in [0.1, 0.15) is 17.3 Å². The molecule has 1 atom stereocenters. The van der Waals surface area contributed by atoms with Crippen molar-refractivity contribution in [1.82, 2.24) is 0 Å². The van der Waals surface area contributed by atoms with E-state index < -0.39 is 28.6 Å². The lowest BCUT2D eigenvalue weighted by Gasteiger charge is -2.05. The number of benzene rings is 1. The second kappa shape index (κ2) is 4.49. The zero-order valence-corrected chi connectivity index (χ0v) is 8.52. The van der Waals surface area contributed by atoms with Gasteiger partial charge >= 0.3 is 0 Å². The van der Waals surface area contributed by atoms with Crippen LogP contribution in [0.15, 0.2) is 18.2 Å². The van der Waals surface area contributed by atoms with Gasteiger partial charge in [0.1, 0.15) is 11.6 Å². The van der Waals surface area contributed by atoms with Crippen LogP contribution < -0.4 is 0 Å². The van der Waals surface area contributed by atoms with Crippen molar-refractivity contribution in [1.29, 1.82) is 0 Å². The Morgan fingerprint density at radius 2 is 1.93 bits per heavy atom. The van der Waals surface area contributed by atoms with Gasteiger partial charge in [-0.1, -0.05) is 0 Å². The van der Waals surface area contributed by atoms with Gasteiger partial charge in [-0.15, -0.1) is 11.6 Å². The van der Waals surface area contributed by atoms with Gasteiger partial charge in [-0.3, -0.25) is 9.59 Å². The molecule has 0 aromatic heterocycles. The largest absolute Gasteiger partial charge is 0.298 e. The molecule has 80 valence electrons. The average Bonchev–Trinajstić information content (AvgIpc) is 2.15. The maximum absolute atomic E-state index is 13.1. The minimum Gasteiger partial charge on any atom is -0.298 e. The molecule has 0 amide bonds. The summed E-state index contributed by atoms with van der Waals surface area (Å²) >= 11 is 5.45. The van der Waals surface area contributed by atoms with Gasteiger partial charge in [0, 0.05) is 6.07 Å². The zero-order chi connectivity index (χ0) is 11.6. The molecule has 5 heteroatoms. The summed E-state index contributed by atoms with van der Waals surface area (Å²) in [6, 6.07) is 2.46. The summed E-state index contributed by atoms with van der Waals surface area (Å²) in [5, 5.41) is -1.43. The maximum Gasteiger partial charge on any atom is 0.191 e. The Balaban J connectivity index is 3.07. The molecular weight excluding hydrogens is 226 g/mol. The van der Waals surface area contributed by atoms with Gasteiger partial charge in [0.2, 0.25) is 0 Å². The Kier molecular flexibility index (Phi) is 3.52. The van der Waals surface area contributed by atoms with Crippen molar-refractivity contribution >= 4 is 23.2 Å². The summed E-state index contributed by atoms with van der Waals surface area (Å²) in [5.74, 6) is -3.25. The molecule has 1 aromatic rings. The molecule has 0 aliphatic heterocycles. The number of carbonyl (C=O) groups excluding carboxylic acids is 2. The standard InChI is InChI=1S/C10H7ClF2O2/c1-5(14)9(11)10(15)7-3-2-6(12)4-8(7)13/h2-4,9H,1H3. The van der Waals surface area contributed by atoms with Crippen LogP contribution in [0.25, 0.3) is 0 Å². The van der Waals surface area contributed by atoms with E-state index in [1.54, 1.807) is 0 Å². The Morgan fingerprint density at radius 3 is 2.40 bits per heavy atom. The Morgan fingerprint density at radius 1 is 1.33 bits per heavy atom. The van der Waals surface area contributed by atoms with Crippen LogP contribution in [-0.2, 0) is 4.79 Å². The van der Waals surface area contributed by atoms with Crippen LogP contribution in [0.4, 0.5) is 8.78 Å². The number of rotatable bonds is 3. The molecule has 1 aromatic carbocycles. The summed E-state index contributed by atoms with van der Waals surface area (Å²) < 4.78 is 25.6. The number of carbonyl (C=O) groups is 2. The summed E-state index contributed by atoms with van der Waals surface area (Å²) in [7, 11) is 0. The molecule has 0 N–H and O–H groups in total. The number of hydrogen-bond donors (Lipinski definition) is 0. The molecule has 0 spiro atoms. The van der Waals surface area contributed by atoms with Crippen LogP contribution in [0.2, 0.25) is 0 Å². The number of hydrogen-bond acceptors (Lipinski definition) is 2. The minimum absolute atomic E-state index is 0.383. The minimum atomic E-state index is -1.43. The molecule has 0 saturated carbocycles. The first-order chi connectivity index (χ1) is 6.93. The van der Waals surface area contributed by atoms with Crippen molar-refractivity contribution in [2.45, 2.75) is 12.3 Å². The molecule has 15 heavy (non-hydrogen) atoms. The van der Waals surface area contributed by atoms with Gasteiger partial charge in [0.25, 0.3) is 0 Å². The van der Waals surface area contributed by atoms with Crippen LogP contribution in [0, 0.1) is 11.6 Å². The second-order valence-electron chi connectivity index (χ2n) is 2.96. The third kappa shape index (κ3) is 2.59. The number of ketones is 2. The lowest BCUT2D eigenvalue weighted by atomic mass is 10.1. The third-order valence-electron chi connectivity index (χ3n) is 1.78. The van der Waals surface area contributed by atoms with Crippen molar-refractivity contribution in [3.05, 3.63) is 35.4 Å². The van der Waals surface area contributed by atoms with Crippen LogP contribution >= 0.6 is 11.6 Å². The third-order valence-corrected chi connectivity index (χ3v) is 2.29. The van der Waals surface area contributed by atoms with E-state index in [9.17, 15) is 18.4 Å². The van der Waals surface area contributed by atoms with Crippen LogP contribution in [0.5, 0.6) is 0 Å². The van der Waals surface area contributed by atoms with E-state index in [4.69, 9.17) is 11.6 Å². The molecular formula is C10H7ClF2O2. The highest BCUT2D eigenvalue weighted by Gasteiger charge is 2.24. The van der Waals surface area contributed by atoms with Gasteiger partial charge in [-0.2, -0.15) is 0 Å². The van der Waals surface area contributed by atoms with Crippen molar-refractivity contribution in [2.75, 3.05) is 0 Å². The lowest BCUT2D eigenvalue weighted by Crippen LogP contribution is -2.23. The van der Waals surface area contributed by atoms with Crippen molar-refractivity contribution in [3.63, 3.8) is 0 Å². The fourth-order valence-electron chi connectivity index (χ4n) is 1.01. The normalized spacial score (nSPS) is 12.3. The number of Topliss-reactive ketones (excluding diaryl/α,β-unsaturated/α-hetero) is 2. The first kappa shape index (κ1) is 11.8. The van der Waals surface area contributed by atoms with Crippen molar-refractivity contribution in [2.24, 2.45) is 0 Å². The topological polar surface area (TPSA) is 34.1 Å². The molecule has 0 radical (unpaired) electrons. The molecule has 0 aliphatic rings. The first-order valence-electron chi connectivity index (χ1n) is 4.07. The lowest BCUT2D eigenvalue weighted by molar-refractivity contribution is -0.115. The van der Waals surface area contributed by atoms with Gasteiger partial charge in [0.15, 0.2) is 16.9 Å². The van der Waals surface area contributed by atoms with E-state index in [0.29, 0.717) is 6.07 Å². The first-order valence-corrected chi connectivity index (χ1v) is 4.51. The molecule has 2 nitrogen and oxygen atoms in total. The monoisotopic (exact) mass is 232 g/mol. The van der Waals surface area contributed by atoms with E-state index in [0.717, 1.165) is 19.1 Å². The van der Waals surface area contributed by atoms with Crippen LogP contribution in [0.3, 0.4) is 0 Å². The number of halogens is 3. The van der Waals surface area contributed by atoms with Crippen LogP contribution in [-0.4, -0.2) is 16.9 Å². The molecule has 0 bridgehead atoms. The summed E-state index contributed by atoms with van der Waals surface area (Å²) in [5.41, 5.74) is -0.383. The Bertz CT molecular complexity index is 418. The Labute approximate surface area is 89.8 Å². The Hall–Kier alpha value is -1.29. The SMILES string of the molecule is CC(=O)C(Cl)C(=O)c1ccc(F)cc1F. The highest BCUT2D eigenvalue weighted by atomic mass is 35.5. The molecule has 0 fully saturated rings.